The molecule has 0 amide bonds. The predicted octanol–water partition coefficient (Wildman–Crippen LogP) is 3.42. The fourth-order valence-electron chi connectivity index (χ4n) is 3.51. The summed E-state index contributed by atoms with van der Waals surface area (Å²) in [5, 5.41) is 0. The monoisotopic (exact) mass is 222 g/mol. The Hall–Kier alpha value is -1.63. The highest BCUT2D eigenvalue weighted by molar-refractivity contribution is 6.00. The van der Waals surface area contributed by atoms with E-state index in [1.165, 1.54) is 28.7 Å². The van der Waals surface area contributed by atoms with Crippen molar-refractivity contribution in [1.82, 2.24) is 0 Å². The highest BCUT2D eigenvalue weighted by atomic mass is 16.1. The number of carbonyl (C=O) groups excluding carboxylic acids is 1. The van der Waals surface area contributed by atoms with Crippen LogP contribution < -0.4 is 0 Å². The van der Waals surface area contributed by atoms with Gasteiger partial charge in [0.1, 0.15) is 0 Å². The van der Waals surface area contributed by atoms with E-state index < -0.39 is 0 Å². The van der Waals surface area contributed by atoms with Crippen LogP contribution in [0.5, 0.6) is 0 Å². The molecule has 0 N–H and O–H groups in total. The quantitative estimate of drug-likeness (QED) is 0.613. The molecule has 4 aliphatic carbocycles. The Morgan fingerprint density at radius 3 is 3.12 bits per heavy atom. The minimum atomic E-state index is 0.392. The first kappa shape index (κ1) is 9.41. The van der Waals surface area contributed by atoms with E-state index in [0.29, 0.717) is 11.7 Å². The molecule has 0 aromatic heterocycles. The van der Waals surface area contributed by atoms with E-state index in [2.05, 4.69) is 30.4 Å². The van der Waals surface area contributed by atoms with Crippen molar-refractivity contribution < 1.29 is 4.79 Å². The molecule has 4 rings (SSSR count). The topological polar surface area (TPSA) is 17.1 Å². The van der Waals surface area contributed by atoms with Gasteiger partial charge >= 0.3 is 0 Å². The van der Waals surface area contributed by atoms with Crippen molar-refractivity contribution in [2.45, 2.75) is 25.7 Å². The van der Waals surface area contributed by atoms with Gasteiger partial charge in [-0.2, -0.15) is 0 Å². The summed E-state index contributed by atoms with van der Waals surface area (Å²) in [6, 6.07) is 0. The molecule has 0 aromatic rings. The first-order chi connectivity index (χ1) is 8.34. The smallest absolute Gasteiger partial charge is 0.159 e. The van der Waals surface area contributed by atoms with E-state index in [1.807, 2.05) is 0 Å². The standard InChI is InChI=1S/C16H14O/c17-15-6-2-3-10-7-8-13-12-5-1-4-11(12)9-14(13)16(10)15/h1,4-5,8-10H,2-3,6-7H2. The zero-order valence-electron chi connectivity index (χ0n) is 9.70. The van der Waals surface area contributed by atoms with Crippen molar-refractivity contribution in [2.24, 2.45) is 5.92 Å². The molecule has 1 unspecified atom stereocenters. The van der Waals surface area contributed by atoms with Gasteiger partial charge in [-0.1, -0.05) is 24.3 Å². The average Bonchev–Trinajstić information content (AvgIpc) is 2.88. The fraction of sp³-hybridized carbons (Fsp3) is 0.312. The maximum absolute atomic E-state index is 12.1. The van der Waals surface area contributed by atoms with Gasteiger partial charge in [-0.25, -0.2) is 0 Å². The second kappa shape index (κ2) is 3.19. The molecule has 0 radical (unpaired) electrons. The summed E-state index contributed by atoms with van der Waals surface area (Å²) in [5.74, 6) is 0.888. The lowest BCUT2D eigenvalue weighted by atomic mass is 9.74. The molecule has 4 aliphatic rings. The molecule has 1 heteroatoms. The van der Waals surface area contributed by atoms with Crippen LogP contribution in [0, 0.1) is 5.92 Å². The lowest BCUT2D eigenvalue weighted by Crippen LogP contribution is -2.22. The summed E-state index contributed by atoms with van der Waals surface area (Å²) >= 11 is 0. The number of carbonyl (C=O) groups is 1. The Labute approximate surface area is 101 Å². The Kier molecular flexibility index (Phi) is 1.77. The van der Waals surface area contributed by atoms with Gasteiger partial charge in [0.2, 0.25) is 0 Å². The number of Topliss-reactive ketones (excluding diaryl/α,β-unsaturated/α-hetero) is 1. The normalized spacial score (nSPS) is 29.5. The van der Waals surface area contributed by atoms with Crippen LogP contribution in [-0.4, -0.2) is 5.78 Å². The molecular weight excluding hydrogens is 208 g/mol. The predicted molar refractivity (Wildman–Crippen MR) is 67.4 cm³/mol. The van der Waals surface area contributed by atoms with Gasteiger partial charge in [0.25, 0.3) is 0 Å². The average molecular weight is 222 g/mol. The zero-order valence-corrected chi connectivity index (χ0v) is 9.70. The minimum Gasteiger partial charge on any atom is -0.295 e. The minimum absolute atomic E-state index is 0.392. The molecule has 0 aliphatic heterocycles. The molecule has 84 valence electrons. The van der Waals surface area contributed by atoms with Gasteiger partial charge in [-0.3, -0.25) is 4.79 Å². The van der Waals surface area contributed by atoms with Crippen LogP contribution in [0.25, 0.3) is 0 Å². The molecule has 0 spiro atoms. The summed E-state index contributed by atoms with van der Waals surface area (Å²) < 4.78 is 0. The first-order valence-electron chi connectivity index (χ1n) is 6.43. The third-order valence-corrected chi connectivity index (χ3v) is 4.29. The Bertz CT molecular complexity index is 579. The SMILES string of the molecule is O=C1CCCC2CC=C3C4=CC=CC4=CC3=C12. The van der Waals surface area contributed by atoms with E-state index in [-0.39, 0.29) is 0 Å². The van der Waals surface area contributed by atoms with E-state index in [9.17, 15) is 4.79 Å². The van der Waals surface area contributed by atoms with Crippen LogP contribution in [0.15, 0.2) is 58.2 Å². The second-order valence-corrected chi connectivity index (χ2v) is 5.23. The van der Waals surface area contributed by atoms with E-state index in [4.69, 9.17) is 0 Å². The lowest BCUT2D eigenvalue weighted by Gasteiger charge is -2.29. The maximum atomic E-state index is 12.1. The van der Waals surface area contributed by atoms with E-state index in [1.54, 1.807) is 0 Å². The van der Waals surface area contributed by atoms with Crippen molar-refractivity contribution in [3.8, 4) is 0 Å². The van der Waals surface area contributed by atoms with Gasteiger partial charge in [0.15, 0.2) is 5.78 Å². The third kappa shape index (κ3) is 1.17. The molecule has 0 aromatic carbocycles. The van der Waals surface area contributed by atoms with E-state index >= 15 is 0 Å². The number of allylic oxidation sites excluding steroid dienone is 10. The highest BCUT2D eigenvalue weighted by Crippen LogP contribution is 2.47. The van der Waals surface area contributed by atoms with Crippen molar-refractivity contribution >= 4 is 5.78 Å². The molecular formula is C16H14O. The molecule has 0 saturated heterocycles. The summed E-state index contributed by atoms with van der Waals surface area (Å²) in [6.45, 7) is 0. The Balaban J connectivity index is 1.93. The molecule has 1 atom stereocenters. The highest BCUT2D eigenvalue weighted by Gasteiger charge is 2.35. The van der Waals surface area contributed by atoms with Gasteiger partial charge in [0, 0.05) is 12.0 Å². The fourth-order valence-corrected chi connectivity index (χ4v) is 3.51. The number of fused-ring (bicyclic) bond motifs is 4. The Morgan fingerprint density at radius 2 is 2.18 bits per heavy atom. The maximum Gasteiger partial charge on any atom is 0.159 e. The molecule has 0 heterocycles. The van der Waals surface area contributed by atoms with Gasteiger partial charge in [0.05, 0.1) is 0 Å². The van der Waals surface area contributed by atoms with Crippen LogP contribution >= 0.6 is 0 Å². The van der Waals surface area contributed by atoms with Crippen LogP contribution in [0.1, 0.15) is 25.7 Å². The summed E-state index contributed by atoms with van der Waals surface area (Å²) in [4.78, 5) is 12.1. The van der Waals surface area contributed by atoms with Crippen LogP contribution in [0.2, 0.25) is 0 Å². The van der Waals surface area contributed by atoms with Crippen molar-refractivity contribution in [2.75, 3.05) is 0 Å². The first-order valence-corrected chi connectivity index (χ1v) is 6.43. The van der Waals surface area contributed by atoms with Gasteiger partial charge in [-0.15, -0.1) is 0 Å². The van der Waals surface area contributed by atoms with Crippen molar-refractivity contribution in [3.05, 3.63) is 58.2 Å². The number of hydrogen-bond acceptors (Lipinski definition) is 1. The molecule has 17 heavy (non-hydrogen) atoms. The largest absolute Gasteiger partial charge is 0.295 e. The Morgan fingerprint density at radius 1 is 1.24 bits per heavy atom. The molecule has 0 bridgehead atoms. The number of hydrogen-bond donors (Lipinski definition) is 0. The van der Waals surface area contributed by atoms with Crippen molar-refractivity contribution in [3.63, 3.8) is 0 Å². The van der Waals surface area contributed by atoms with Gasteiger partial charge in [-0.05, 0) is 53.5 Å². The zero-order chi connectivity index (χ0) is 11.4. The summed E-state index contributed by atoms with van der Waals surface area (Å²) in [7, 11) is 0. The van der Waals surface area contributed by atoms with Gasteiger partial charge < -0.3 is 0 Å². The molecule has 1 nitrogen and oxygen atoms in total. The van der Waals surface area contributed by atoms with Crippen LogP contribution in [-0.2, 0) is 4.79 Å². The number of ketones is 1. The number of rotatable bonds is 0. The molecule has 1 fully saturated rings. The summed E-state index contributed by atoms with van der Waals surface area (Å²) in [5.41, 5.74) is 6.29. The third-order valence-electron chi connectivity index (χ3n) is 4.29. The van der Waals surface area contributed by atoms with E-state index in [0.717, 1.165) is 24.8 Å². The van der Waals surface area contributed by atoms with Crippen LogP contribution in [0.3, 0.4) is 0 Å². The van der Waals surface area contributed by atoms with Crippen molar-refractivity contribution in [1.29, 1.82) is 0 Å². The summed E-state index contributed by atoms with van der Waals surface area (Å²) in [6.07, 6.45) is 15.0. The van der Waals surface area contributed by atoms with Crippen LogP contribution in [0.4, 0.5) is 0 Å². The lowest BCUT2D eigenvalue weighted by molar-refractivity contribution is -0.117. The second-order valence-electron chi connectivity index (χ2n) is 5.23. The molecule has 1 saturated carbocycles.